The van der Waals surface area contributed by atoms with E-state index in [1.165, 1.54) is 58.3 Å². The monoisotopic (exact) mass is 228 g/mol. The van der Waals surface area contributed by atoms with Gasteiger partial charge in [0.1, 0.15) is 0 Å². The molecule has 96 valence electrons. The molecule has 0 aromatic rings. The summed E-state index contributed by atoms with van der Waals surface area (Å²) in [6, 6.07) is 0. The smallest absolute Gasteiger partial charge is 0.302 e. The highest BCUT2D eigenvalue weighted by molar-refractivity contribution is 5.66. The third-order valence-corrected chi connectivity index (χ3v) is 2.83. The van der Waals surface area contributed by atoms with Crippen LogP contribution in [0.4, 0.5) is 0 Å². The largest absolute Gasteiger partial charge is 0.463 e. The lowest BCUT2D eigenvalue weighted by atomic mass is 10.1. The minimum absolute atomic E-state index is 0.0950. The Hall–Kier alpha value is -0.530. The van der Waals surface area contributed by atoms with Gasteiger partial charge >= 0.3 is 5.97 Å². The van der Waals surface area contributed by atoms with Crippen molar-refractivity contribution in [1.29, 1.82) is 0 Å². The molecule has 0 N–H and O–H groups in total. The van der Waals surface area contributed by atoms with Gasteiger partial charge in [0.2, 0.25) is 0 Å². The van der Waals surface area contributed by atoms with Gasteiger partial charge in [0, 0.05) is 6.92 Å². The van der Waals surface area contributed by atoms with Gasteiger partial charge in [-0.2, -0.15) is 0 Å². The number of hydrogen-bond acceptors (Lipinski definition) is 2. The van der Waals surface area contributed by atoms with Crippen molar-refractivity contribution in [2.45, 2.75) is 84.7 Å². The zero-order valence-corrected chi connectivity index (χ0v) is 11.3. The van der Waals surface area contributed by atoms with E-state index in [4.69, 9.17) is 4.74 Å². The number of unbranched alkanes of at least 4 members (excludes halogenated alkanes) is 7. The van der Waals surface area contributed by atoms with Crippen LogP contribution < -0.4 is 0 Å². The van der Waals surface area contributed by atoms with Crippen LogP contribution in [0.2, 0.25) is 0 Å². The Balaban J connectivity index is 3.11. The van der Waals surface area contributed by atoms with E-state index in [2.05, 4.69) is 6.92 Å². The number of ether oxygens (including phenoxy) is 1. The molecule has 0 unspecified atom stereocenters. The topological polar surface area (TPSA) is 26.3 Å². The number of esters is 1. The average molecular weight is 228 g/mol. The molecule has 0 bridgehead atoms. The molecule has 0 amide bonds. The van der Waals surface area contributed by atoms with Crippen molar-refractivity contribution in [3.63, 3.8) is 0 Å². The predicted octanol–water partition coefficient (Wildman–Crippen LogP) is 4.47. The maximum atomic E-state index is 10.7. The van der Waals surface area contributed by atoms with Crippen molar-refractivity contribution in [3.8, 4) is 0 Å². The quantitative estimate of drug-likeness (QED) is 0.407. The van der Waals surface area contributed by atoms with Crippen molar-refractivity contribution < 1.29 is 9.53 Å². The molecular weight excluding hydrogens is 200 g/mol. The minimum Gasteiger partial charge on any atom is -0.463 e. The van der Waals surface area contributed by atoms with Crippen LogP contribution in [0.3, 0.4) is 0 Å². The summed E-state index contributed by atoms with van der Waals surface area (Å²) in [5.41, 5.74) is 0. The Morgan fingerprint density at radius 3 is 2.00 bits per heavy atom. The Labute approximate surface area is 101 Å². The molecule has 0 radical (unpaired) electrons. The maximum absolute atomic E-state index is 10.7. The molecule has 0 spiro atoms. The fourth-order valence-electron chi connectivity index (χ4n) is 1.91. The molecule has 0 fully saturated rings. The fourth-order valence-corrected chi connectivity index (χ4v) is 1.91. The van der Waals surface area contributed by atoms with Crippen LogP contribution in [-0.2, 0) is 9.53 Å². The summed E-state index contributed by atoms with van der Waals surface area (Å²) in [7, 11) is 0. The average Bonchev–Trinajstić information content (AvgIpc) is 2.21. The normalized spacial score (nSPS) is 12.4. The second-order valence-electron chi connectivity index (χ2n) is 4.68. The van der Waals surface area contributed by atoms with Crippen molar-refractivity contribution in [3.05, 3.63) is 0 Å². The highest BCUT2D eigenvalue weighted by Crippen LogP contribution is 2.11. The summed E-state index contributed by atoms with van der Waals surface area (Å²) in [4.78, 5) is 10.7. The SMILES string of the molecule is CCCCCCCCCC[C@@H](C)OC(C)=O. The Morgan fingerprint density at radius 1 is 1.00 bits per heavy atom. The van der Waals surface area contributed by atoms with E-state index in [9.17, 15) is 4.79 Å². The second-order valence-corrected chi connectivity index (χ2v) is 4.68. The van der Waals surface area contributed by atoms with Gasteiger partial charge in [-0.05, 0) is 19.8 Å². The third kappa shape index (κ3) is 11.5. The van der Waals surface area contributed by atoms with Gasteiger partial charge in [0.25, 0.3) is 0 Å². The summed E-state index contributed by atoms with van der Waals surface area (Å²) in [6.07, 6.45) is 11.7. The van der Waals surface area contributed by atoms with Gasteiger partial charge in [0.15, 0.2) is 0 Å². The summed E-state index contributed by atoms with van der Waals surface area (Å²) in [6.45, 7) is 5.70. The molecule has 0 heterocycles. The van der Waals surface area contributed by atoms with E-state index in [-0.39, 0.29) is 12.1 Å². The lowest BCUT2D eigenvalue weighted by Crippen LogP contribution is -2.11. The highest BCUT2D eigenvalue weighted by atomic mass is 16.5. The van der Waals surface area contributed by atoms with Crippen molar-refractivity contribution in [1.82, 2.24) is 0 Å². The molecule has 0 saturated carbocycles. The van der Waals surface area contributed by atoms with Crippen LogP contribution in [0.25, 0.3) is 0 Å². The standard InChI is InChI=1S/C14H28O2/c1-4-5-6-7-8-9-10-11-12-13(2)16-14(3)15/h13H,4-12H2,1-3H3/t13-/m1/s1. The first kappa shape index (κ1) is 15.5. The molecular formula is C14H28O2. The second kappa shape index (κ2) is 11.0. The molecule has 0 aromatic heterocycles. The summed E-state index contributed by atoms with van der Waals surface area (Å²) in [5, 5.41) is 0. The fraction of sp³-hybridized carbons (Fsp3) is 0.929. The molecule has 0 aliphatic carbocycles. The van der Waals surface area contributed by atoms with Crippen molar-refractivity contribution in [2.75, 3.05) is 0 Å². The van der Waals surface area contributed by atoms with Crippen LogP contribution in [0.5, 0.6) is 0 Å². The van der Waals surface area contributed by atoms with Crippen LogP contribution in [0.1, 0.15) is 78.6 Å². The van der Waals surface area contributed by atoms with E-state index < -0.39 is 0 Å². The first-order chi connectivity index (χ1) is 7.66. The molecule has 0 saturated heterocycles. The van der Waals surface area contributed by atoms with Crippen LogP contribution in [-0.4, -0.2) is 12.1 Å². The first-order valence-electron chi connectivity index (χ1n) is 6.84. The zero-order valence-electron chi connectivity index (χ0n) is 11.3. The van der Waals surface area contributed by atoms with Crippen molar-refractivity contribution >= 4 is 5.97 Å². The number of rotatable bonds is 10. The van der Waals surface area contributed by atoms with Gasteiger partial charge in [-0.15, -0.1) is 0 Å². The van der Waals surface area contributed by atoms with Crippen molar-refractivity contribution in [2.24, 2.45) is 0 Å². The molecule has 0 aliphatic heterocycles. The van der Waals surface area contributed by atoms with Crippen LogP contribution in [0, 0.1) is 0 Å². The lowest BCUT2D eigenvalue weighted by Gasteiger charge is -2.11. The number of carbonyl (C=O) groups excluding carboxylic acids is 1. The predicted molar refractivity (Wildman–Crippen MR) is 68.5 cm³/mol. The molecule has 2 heteroatoms. The summed E-state index contributed by atoms with van der Waals surface area (Å²) in [5.74, 6) is -0.160. The van der Waals surface area contributed by atoms with Gasteiger partial charge in [-0.25, -0.2) is 0 Å². The Bertz CT molecular complexity index is 166. The van der Waals surface area contributed by atoms with E-state index in [0.29, 0.717) is 0 Å². The first-order valence-corrected chi connectivity index (χ1v) is 6.84. The third-order valence-electron chi connectivity index (χ3n) is 2.83. The molecule has 0 aliphatic rings. The van der Waals surface area contributed by atoms with Gasteiger partial charge in [0.05, 0.1) is 6.10 Å². The van der Waals surface area contributed by atoms with Crippen LogP contribution >= 0.6 is 0 Å². The summed E-state index contributed by atoms with van der Waals surface area (Å²) < 4.78 is 5.07. The minimum atomic E-state index is -0.160. The number of carbonyl (C=O) groups is 1. The van der Waals surface area contributed by atoms with E-state index in [1.807, 2.05) is 6.92 Å². The lowest BCUT2D eigenvalue weighted by molar-refractivity contribution is -0.145. The zero-order chi connectivity index (χ0) is 12.2. The van der Waals surface area contributed by atoms with E-state index in [1.54, 1.807) is 0 Å². The molecule has 1 atom stereocenters. The maximum Gasteiger partial charge on any atom is 0.302 e. The molecule has 16 heavy (non-hydrogen) atoms. The van der Waals surface area contributed by atoms with Crippen LogP contribution in [0.15, 0.2) is 0 Å². The van der Waals surface area contributed by atoms with Gasteiger partial charge in [-0.3, -0.25) is 4.79 Å². The molecule has 0 rings (SSSR count). The highest BCUT2D eigenvalue weighted by Gasteiger charge is 2.04. The van der Waals surface area contributed by atoms with Gasteiger partial charge in [-0.1, -0.05) is 51.9 Å². The van der Waals surface area contributed by atoms with E-state index >= 15 is 0 Å². The summed E-state index contributed by atoms with van der Waals surface area (Å²) >= 11 is 0. The van der Waals surface area contributed by atoms with E-state index in [0.717, 1.165) is 6.42 Å². The van der Waals surface area contributed by atoms with Gasteiger partial charge < -0.3 is 4.74 Å². The molecule has 0 aromatic carbocycles. The Morgan fingerprint density at radius 2 is 1.50 bits per heavy atom. The Kier molecular flexibility index (Phi) is 10.6. The number of hydrogen-bond donors (Lipinski definition) is 0. The molecule has 2 nitrogen and oxygen atoms in total.